The van der Waals surface area contributed by atoms with Gasteiger partial charge in [0.05, 0.1) is 5.56 Å². The monoisotopic (exact) mass is 357 g/mol. The summed E-state index contributed by atoms with van der Waals surface area (Å²) in [5, 5.41) is 6.17. The molecule has 3 rings (SSSR count). The van der Waals surface area contributed by atoms with E-state index in [9.17, 15) is 9.59 Å². The average molecular weight is 357 g/mol. The van der Waals surface area contributed by atoms with Crippen molar-refractivity contribution in [2.45, 2.75) is 39.5 Å². The Hall–Kier alpha value is -2.34. The minimum Gasteiger partial charge on any atom is -0.365 e. The molecule has 0 saturated heterocycles. The van der Waals surface area contributed by atoms with Crippen molar-refractivity contribution in [2.75, 3.05) is 10.6 Å². The normalized spacial score (nSPS) is 16.2. The minimum absolute atomic E-state index is 0.362. The van der Waals surface area contributed by atoms with Crippen LogP contribution < -0.4 is 16.4 Å². The average Bonchev–Trinajstić information content (AvgIpc) is 2.91. The lowest BCUT2D eigenvalue weighted by Crippen LogP contribution is -2.22. The van der Waals surface area contributed by atoms with Gasteiger partial charge in [-0.15, -0.1) is 11.3 Å². The van der Waals surface area contributed by atoms with Gasteiger partial charge >= 0.3 is 6.03 Å². The standard InChI is InChI=1S/C19H23N3O2S/c1-3-12-7-8-14-15(10-12)25-18(16(14)17(20)23)22-19(24)21-13-6-4-5-11(2)9-13/h4-6,9,12H,3,7-8,10H2,1-2H3,(H2,20,23)(H2,21,22,24)/t12-/m1/s1. The van der Waals surface area contributed by atoms with Gasteiger partial charge in [-0.05, 0) is 55.4 Å². The number of fused-ring (bicyclic) bond motifs is 1. The van der Waals surface area contributed by atoms with Crippen LogP contribution in [0.25, 0.3) is 0 Å². The van der Waals surface area contributed by atoms with Crippen molar-refractivity contribution in [3.63, 3.8) is 0 Å². The first kappa shape index (κ1) is 17.5. The second-order valence-electron chi connectivity index (χ2n) is 6.54. The number of aryl methyl sites for hydroxylation is 1. The number of primary amides is 1. The Labute approximate surface area is 151 Å². The number of carbonyl (C=O) groups excluding carboxylic acids is 2. The van der Waals surface area contributed by atoms with Crippen molar-refractivity contribution >= 4 is 34.0 Å². The number of hydrogen-bond donors (Lipinski definition) is 3. The largest absolute Gasteiger partial charge is 0.365 e. The third-order valence-electron chi connectivity index (χ3n) is 4.69. The lowest BCUT2D eigenvalue weighted by molar-refractivity contribution is 0.1000. The van der Waals surface area contributed by atoms with Crippen LogP contribution in [0.1, 0.15) is 46.1 Å². The molecule has 1 aromatic carbocycles. The summed E-state index contributed by atoms with van der Waals surface area (Å²) in [6, 6.07) is 7.20. The van der Waals surface area contributed by atoms with Crippen molar-refractivity contribution < 1.29 is 9.59 Å². The number of amides is 3. The molecule has 5 nitrogen and oxygen atoms in total. The first-order valence-corrected chi connectivity index (χ1v) is 9.38. The van der Waals surface area contributed by atoms with Crippen molar-refractivity contribution in [3.8, 4) is 0 Å². The highest BCUT2D eigenvalue weighted by molar-refractivity contribution is 7.17. The predicted octanol–water partition coefficient (Wildman–Crippen LogP) is 4.31. The Morgan fingerprint density at radius 1 is 1.32 bits per heavy atom. The van der Waals surface area contributed by atoms with Gasteiger partial charge in [0.1, 0.15) is 5.00 Å². The van der Waals surface area contributed by atoms with E-state index in [1.54, 1.807) is 0 Å². The zero-order valence-electron chi connectivity index (χ0n) is 14.5. The van der Waals surface area contributed by atoms with Crippen LogP contribution in [0.3, 0.4) is 0 Å². The topological polar surface area (TPSA) is 84.2 Å². The molecule has 4 N–H and O–H groups in total. The van der Waals surface area contributed by atoms with E-state index in [0.29, 0.717) is 22.2 Å². The fourth-order valence-electron chi connectivity index (χ4n) is 3.34. The molecule has 1 aliphatic rings. The molecule has 1 atom stereocenters. The number of thiophene rings is 1. The molecule has 0 radical (unpaired) electrons. The van der Waals surface area contributed by atoms with E-state index < -0.39 is 5.91 Å². The van der Waals surface area contributed by atoms with Crippen molar-refractivity contribution in [2.24, 2.45) is 11.7 Å². The fraction of sp³-hybridized carbons (Fsp3) is 0.368. The van der Waals surface area contributed by atoms with Gasteiger partial charge in [-0.3, -0.25) is 10.1 Å². The second kappa shape index (κ2) is 7.27. The zero-order chi connectivity index (χ0) is 18.0. The van der Waals surface area contributed by atoms with E-state index in [2.05, 4.69) is 17.6 Å². The van der Waals surface area contributed by atoms with E-state index >= 15 is 0 Å². The molecule has 2 aromatic rings. The third kappa shape index (κ3) is 3.85. The van der Waals surface area contributed by atoms with Gasteiger partial charge in [-0.1, -0.05) is 25.5 Å². The Morgan fingerprint density at radius 2 is 2.12 bits per heavy atom. The predicted molar refractivity (Wildman–Crippen MR) is 102 cm³/mol. The molecule has 0 bridgehead atoms. The maximum absolute atomic E-state index is 12.3. The summed E-state index contributed by atoms with van der Waals surface area (Å²) < 4.78 is 0. The Bertz CT molecular complexity index is 813. The van der Waals surface area contributed by atoms with Crippen LogP contribution in [0, 0.1) is 12.8 Å². The van der Waals surface area contributed by atoms with Crippen LogP contribution in [-0.2, 0) is 12.8 Å². The van der Waals surface area contributed by atoms with Crippen molar-refractivity contribution in [1.29, 1.82) is 0 Å². The lowest BCUT2D eigenvalue weighted by Gasteiger charge is -2.20. The van der Waals surface area contributed by atoms with E-state index in [1.807, 2.05) is 31.2 Å². The molecule has 132 valence electrons. The van der Waals surface area contributed by atoms with E-state index in [1.165, 1.54) is 16.2 Å². The van der Waals surface area contributed by atoms with Gasteiger partial charge in [0.25, 0.3) is 5.91 Å². The molecule has 25 heavy (non-hydrogen) atoms. The number of carbonyl (C=O) groups is 2. The zero-order valence-corrected chi connectivity index (χ0v) is 15.3. The van der Waals surface area contributed by atoms with E-state index in [4.69, 9.17) is 5.73 Å². The highest BCUT2D eigenvalue weighted by atomic mass is 32.1. The Balaban J connectivity index is 1.81. The summed E-state index contributed by atoms with van der Waals surface area (Å²) in [7, 11) is 0. The van der Waals surface area contributed by atoms with E-state index in [0.717, 1.165) is 36.8 Å². The van der Waals surface area contributed by atoms with Crippen LogP contribution >= 0.6 is 11.3 Å². The molecular formula is C19H23N3O2S. The summed E-state index contributed by atoms with van der Waals surface area (Å²) >= 11 is 1.48. The van der Waals surface area contributed by atoms with Gasteiger partial charge in [0.2, 0.25) is 0 Å². The van der Waals surface area contributed by atoms with Gasteiger partial charge in [0, 0.05) is 10.6 Å². The first-order valence-electron chi connectivity index (χ1n) is 8.57. The minimum atomic E-state index is -0.474. The summed E-state index contributed by atoms with van der Waals surface area (Å²) in [5.74, 6) is 0.166. The fourth-order valence-corrected chi connectivity index (χ4v) is 4.70. The van der Waals surface area contributed by atoms with Crippen molar-refractivity contribution in [3.05, 3.63) is 45.8 Å². The van der Waals surface area contributed by atoms with Crippen LogP contribution in [0.4, 0.5) is 15.5 Å². The van der Waals surface area contributed by atoms with Crippen LogP contribution in [0.2, 0.25) is 0 Å². The van der Waals surface area contributed by atoms with Crippen LogP contribution in [0.5, 0.6) is 0 Å². The van der Waals surface area contributed by atoms with Gasteiger partial charge in [0.15, 0.2) is 0 Å². The number of benzene rings is 1. The first-order chi connectivity index (χ1) is 12.0. The molecule has 0 aliphatic heterocycles. The lowest BCUT2D eigenvalue weighted by atomic mass is 9.85. The number of rotatable bonds is 4. The summed E-state index contributed by atoms with van der Waals surface area (Å²) in [4.78, 5) is 25.5. The Kier molecular flexibility index (Phi) is 5.08. The maximum atomic E-state index is 12.3. The SMILES string of the molecule is CC[C@@H]1CCc2c(sc(NC(=O)Nc3cccc(C)c3)c2C(N)=O)C1. The molecule has 0 saturated carbocycles. The number of nitrogens with one attached hydrogen (secondary N) is 2. The second-order valence-corrected chi connectivity index (χ2v) is 7.64. The molecule has 3 amide bonds. The highest BCUT2D eigenvalue weighted by Crippen LogP contribution is 2.40. The molecule has 0 fully saturated rings. The number of hydrogen-bond acceptors (Lipinski definition) is 3. The molecule has 6 heteroatoms. The quantitative estimate of drug-likeness (QED) is 0.761. The highest BCUT2D eigenvalue weighted by Gasteiger charge is 2.28. The summed E-state index contributed by atoms with van der Waals surface area (Å²) in [6.45, 7) is 4.15. The number of anilines is 2. The number of nitrogens with two attached hydrogens (primary N) is 1. The molecular weight excluding hydrogens is 334 g/mol. The van der Waals surface area contributed by atoms with E-state index in [-0.39, 0.29) is 6.03 Å². The summed E-state index contributed by atoms with van der Waals surface area (Å²) in [6.07, 6.45) is 4.00. The smallest absolute Gasteiger partial charge is 0.324 e. The number of urea groups is 1. The van der Waals surface area contributed by atoms with Crippen LogP contribution in [0.15, 0.2) is 24.3 Å². The van der Waals surface area contributed by atoms with Gasteiger partial charge < -0.3 is 11.1 Å². The third-order valence-corrected chi connectivity index (χ3v) is 5.86. The van der Waals surface area contributed by atoms with Crippen LogP contribution in [-0.4, -0.2) is 11.9 Å². The molecule has 1 aliphatic carbocycles. The molecule has 1 heterocycles. The molecule has 0 unspecified atom stereocenters. The summed E-state index contributed by atoms with van der Waals surface area (Å²) in [5.41, 5.74) is 8.87. The van der Waals surface area contributed by atoms with Gasteiger partial charge in [-0.2, -0.15) is 0 Å². The molecule has 1 aromatic heterocycles. The van der Waals surface area contributed by atoms with Crippen molar-refractivity contribution in [1.82, 2.24) is 0 Å². The molecule has 0 spiro atoms. The maximum Gasteiger partial charge on any atom is 0.324 e. The Morgan fingerprint density at radius 3 is 2.80 bits per heavy atom. The van der Waals surface area contributed by atoms with Gasteiger partial charge in [-0.25, -0.2) is 4.79 Å².